The topological polar surface area (TPSA) is 52.6 Å². The summed E-state index contributed by atoms with van der Waals surface area (Å²) in [7, 11) is 0. The fraction of sp³-hybridized carbons (Fsp3) is 0.667. The van der Waals surface area contributed by atoms with Crippen LogP contribution in [0.3, 0.4) is 0 Å². The molecule has 1 aromatic carbocycles. The summed E-state index contributed by atoms with van der Waals surface area (Å²) in [5.41, 5.74) is 1.14. The summed E-state index contributed by atoms with van der Waals surface area (Å²) >= 11 is 5.96. The van der Waals surface area contributed by atoms with Crippen molar-refractivity contribution in [2.45, 2.75) is 90.6 Å². The number of allylic oxidation sites excluding steroid dienone is 1. The molecule has 190 valence electrons. The Hall–Kier alpha value is -1.81. The largest absolute Gasteiger partial charge is 0.482 e. The molecule has 5 heteroatoms. The zero-order chi connectivity index (χ0) is 24.8. The number of ether oxygens (including phenoxy) is 2. The number of carbonyl (C=O) groups is 2. The first-order valence-corrected chi connectivity index (χ1v) is 13.9. The second-order valence-corrected chi connectivity index (χ2v) is 12.4. The van der Waals surface area contributed by atoms with Gasteiger partial charge in [-0.25, -0.2) is 4.79 Å². The van der Waals surface area contributed by atoms with Crippen molar-refractivity contribution in [1.29, 1.82) is 0 Å². The standard InChI is InChI=1S/C30H39ClO4/c1-4-14-30(35-27(33)19-34-23-8-6-21(31)7-9-23)17-13-26-24-10-5-20-18-22(32)11-15-28(20,2)25(24)12-16-29(26,30)3/h6-9,18,24-26H,4-5,10-17,19H2,1-3H3/t24-,25-,26+,28+,29+,30?/m1/s1. The highest BCUT2D eigenvalue weighted by Crippen LogP contribution is 2.69. The van der Waals surface area contributed by atoms with Gasteiger partial charge in [0.15, 0.2) is 12.4 Å². The van der Waals surface area contributed by atoms with Crippen LogP contribution in [0.2, 0.25) is 5.02 Å². The van der Waals surface area contributed by atoms with Crippen LogP contribution in [0.5, 0.6) is 5.75 Å². The Kier molecular flexibility index (Phi) is 6.57. The molecule has 3 saturated carbocycles. The summed E-state index contributed by atoms with van der Waals surface area (Å²) < 4.78 is 12.2. The fourth-order valence-corrected chi connectivity index (χ4v) is 8.73. The van der Waals surface area contributed by atoms with Crippen LogP contribution < -0.4 is 4.74 Å². The molecule has 0 heterocycles. The number of ketones is 1. The lowest BCUT2D eigenvalue weighted by molar-refractivity contribution is -0.188. The smallest absolute Gasteiger partial charge is 0.344 e. The van der Waals surface area contributed by atoms with E-state index in [2.05, 4.69) is 20.8 Å². The van der Waals surface area contributed by atoms with Crippen molar-refractivity contribution >= 4 is 23.4 Å². The van der Waals surface area contributed by atoms with Crippen molar-refractivity contribution in [3.63, 3.8) is 0 Å². The first-order chi connectivity index (χ1) is 16.7. The second-order valence-electron chi connectivity index (χ2n) is 11.9. The molecule has 0 aromatic heterocycles. The molecule has 0 bridgehead atoms. The summed E-state index contributed by atoms with van der Waals surface area (Å²) in [5, 5.41) is 0.640. The molecule has 6 atom stereocenters. The number of fused-ring (bicyclic) bond motifs is 5. The Morgan fingerprint density at radius 2 is 1.77 bits per heavy atom. The maximum absolute atomic E-state index is 13.1. The summed E-state index contributed by atoms with van der Waals surface area (Å²) in [4.78, 5) is 25.2. The summed E-state index contributed by atoms with van der Waals surface area (Å²) in [5.74, 6) is 2.50. The van der Waals surface area contributed by atoms with Crippen molar-refractivity contribution in [1.82, 2.24) is 0 Å². The van der Waals surface area contributed by atoms with Crippen molar-refractivity contribution < 1.29 is 19.1 Å². The lowest BCUT2D eigenvalue weighted by atomic mass is 9.46. The molecular formula is C30H39ClO4. The van der Waals surface area contributed by atoms with E-state index in [9.17, 15) is 9.59 Å². The first kappa shape index (κ1) is 24.9. The number of hydrogen-bond acceptors (Lipinski definition) is 4. The number of carbonyl (C=O) groups excluding carboxylic acids is 2. The molecule has 0 radical (unpaired) electrons. The molecular weight excluding hydrogens is 460 g/mol. The van der Waals surface area contributed by atoms with Crippen molar-refractivity contribution in [3.05, 3.63) is 40.9 Å². The molecule has 35 heavy (non-hydrogen) atoms. The molecule has 3 fully saturated rings. The molecule has 0 N–H and O–H groups in total. The van der Waals surface area contributed by atoms with E-state index in [1.165, 1.54) is 5.57 Å². The molecule has 5 rings (SSSR count). The molecule has 0 aliphatic heterocycles. The quantitative estimate of drug-likeness (QED) is 0.385. The second kappa shape index (κ2) is 9.25. The third-order valence-electron chi connectivity index (χ3n) is 10.4. The van der Waals surface area contributed by atoms with Crippen LogP contribution >= 0.6 is 11.6 Å². The van der Waals surface area contributed by atoms with Crippen LogP contribution in [0, 0.1) is 28.6 Å². The highest BCUT2D eigenvalue weighted by atomic mass is 35.5. The molecule has 0 spiro atoms. The highest BCUT2D eigenvalue weighted by Gasteiger charge is 2.65. The molecule has 1 unspecified atom stereocenters. The van der Waals surface area contributed by atoms with Gasteiger partial charge >= 0.3 is 5.97 Å². The number of rotatable bonds is 6. The Balaban J connectivity index is 1.34. The number of halogens is 1. The molecule has 0 amide bonds. The zero-order valence-electron chi connectivity index (χ0n) is 21.4. The molecule has 4 nitrogen and oxygen atoms in total. The Bertz CT molecular complexity index is 1020. The van der Waals surface area contributed by atoms with E-state index in [1.54, 1.807) is 24.3 Å². The van der Waals surface area contributed by atoms with Gasteiger partial charge in [0.25, 0.3) is 0 Å². The lowest BCUT2D eigenvalue weighted by Crippen LogP contribution is -2.56. The monoisotopic (exact) mass is 498 g/mol. The Labute approximate surface area is 214 Å². The average Bonchev–Trinajstić information content (AvgIpc) is 3.11. The highest BCUT2D eigenvalue weighted by molar-refractivity contribution is 6.30. The van der Waals surface area contributed by atoms with E-state index in [-0.39, 0.29) is 23.4 Å². The van der Waals surface area contributed by atoms with Gasteiger partial charge in [0.1, 0.15) is 11.4 Å². The molecule has 1 aromatic rings. The van der Waals surface area contributed by atoms with Crippen LogP contribution in [0.15, 0.2) is 35.9 Å². The van der Waals surface area contributed by atoms with Gasteiger partial charge in [-0.3, -0.25) is 4.79 Å². The van der Waals surface area contributed by atoms with Crippen LogP contribution in [-0.4, -0.2) is 24.0 Å². The van der Waals surface area contributed by atoms with E-state index in [1.807, 2.05) is 6.08 Å². The number of hydrogen-bond donors (Lipinski definition) is 0. The Morgan fingerprint density at radius 1 is 1.03 bits per heavy atom. The van der Waals surface area contributed by atoms with Gasteiger partial charge in [-0.05, 0) is 105 Å². The Morgan fingerprint density at radius 3 is 2.51 bits per heavy atom. The molecule has 4 aliphatic carbocycles. The molecule has 4 aliphatic rings. The summed E-state index contributed by atoms with van der Waals surface area (Å²) in [6, 6.07) is 7.07. The predicted molar refractivity (Wildman–Crippen MR) is 137 cm³/mol. The SMILES string of the molecule is CCCC1(OC(=O)COc2ccc(Cl)cc2)CC[C@H]2[C@@H]3CCC4=CC(=O)CC[C@]4(C)[C@@H]3CC[C@@]21C. The van der Waals surface area contributed by atoms with Crippen molar-refractivity contribution in [3.8, 4) is 5.75 Å². The zero-order valence-corrected chi connectivity index (χ0v) is 22.2. The minimum absolute atomic E-state index is 0.0117. The fourth-order valence-electron chi connectivity index (χ4n) is 8.61. The van der Waals surface area contributed by atoms with Gasteiger partial charge in [-0.2, -0.15) is 0 Å². The van der Waals surface area contributed by atoms with Crippen molar-refractivity contribution in [2.75, 3.05) is 6.61 Å². The third-order valence-corrected chi connectivity index (χ3v) is 10.6. The normalized spacial score (nSPS) is 38.1. The van der Waals surface area contributed by atoms with Crippen molar-refractivity contribution in [2.24, 2.45) is 28.6 Å². The van der Waals surface area contributed by atoms with E-state index in [4.69, 9.17) is 21.1 Å². The van der Waals surface area contributed by atoms with Gasteiger partial charge in [0, 0.05) is 16.9 Å². The van der Waals surface area contributed by atoms with Gasteiger partial charge in [0.2, 0.25) is 0 Å². The van der Waals surface area contributed by atoms with Crippen LogP contribution in [0.1, 0.15) is 85.0 Å². The first-order valence-electron chi connectivity index (χ1n) is 13.5. The van der Waals surface area contributed by atoms with Gasteiger partial charge in [-0.1, -0.05) is 44.4 Å². The van der Waals surface area contributed by atoms with E-state index in [0.717, 1.165) is 57.8 Å². The van der Waals surface area contributed by atoms with E-state index in [0.29, 0.717) is 40.7 Å². The van der Waals surface area contributed by atoms with E-state index < -0.39 is 5.60 Å². The average molecular weight is 499 g/mol. The van der Waals surface area contributed by atoms with Crippen LogP contribution in [0.25, 0.3) is 0 Å². The van der Waals surface area contributed by atoms with E-state index >= 15 is 0 Å². The maximum atomic E-state index is 13.1. The van der Waals surface area contributed by atoms with Gasteiger partial charge in [-0.15, -0.1) is 0 Å². The van der Waals surface area contributed by atoms with Gasteiger partial charge in [0.05, 0.1) is 0 Å². The lowest BCUT2D eigenvalue weighted by Gasteiger charge is -2.59. The minimum atomic E-state index is -0.419. The number of benzene rings is 1. The predicted octanol–water partition coefficient (Wildman–Crippen LogP) is 7.33. The minimum Gasteiger partial charge on any atom is -0.482 e. The summed E-state index contributed by atoms with van der Waals surface area (Å²) in [6.07, 6.45) is 12.1. The van der Waals surface area contributed by atoms with Crippen LogP contribution in [0.4, 0.5) is 0 Å². The number of esters is 1. The summed E-state index contributed by atoms with van der Waals surface area (Å²) in [6.45, 7) is 6.94. The third kappa shape index (κ3) is 4.14. The van der Waals surface area contributed by atoms with Crippen LogP contribution in [-0.2, 0) is 14.3 Å². The van der Waals surface area contributed by atoms with Gasteiger partial charge < -0.3 is 9.47 Å². The maximum Gasteiger partial charge on any atom is 0.344 e. The molecule has 0 saturated heterocycles.